The van der Waals surface area contributed by atoms with Gasteiger partial charge >= 0.3 is 0 Å². The van der Waals surface area contributed by atoms with E-state index in [2.05, 4.69) is 16.8 Å². The number of nitrogen functional groups attached to an aromatic ring is 1. The summed E-state index contributed by atoms with van der Waals surface area (Å²) in [6.07, 6.45) is 10.3. The minimum absolute atomic E-state index is 0.0830. The average molecular weight is 861 g/mol. The quantitative estimate of drug-likeness (QED) is 0.0770. The SMILES string of the molecule is CN1C(=O)CCC(N2C(=O)c3cccc(OCCCCCCCC(=O)N4CCC(c5ncc(-c6cnc(N)c(OCc7cccc(C#CC(C)(C)O)c7)c6)s5)CC4)c3C2=O)C1=O. The number of thiazole rings is 1. The zero-order valence-electron chi connectivity index (χ0n) is 35.4. The van der Waals surface area contributed by atoms with Crippen LogP contribution < -0.4 is 15.2 Å². The molecule has 3 aliphatic rings. The van der Waals surface area contributed by atoms with E-state index in [-0.39, 0.29) is 48.3 Å². The predicted molar refractivity (Wildman–Crippen MR) is 233 cm³/mol. The summed E-state index contributed by atoms with van der Waals surface area (Å²) in [6.45, 7) is 5.32. The molecule has 7 rings (SSSR count). The fourth-order valence-electron chi connectivity index (χ4n) is 7.88. The Morgan fingerprint density at radius 3 is 2.47 bits per heavy atom. The lowest BCUT2D eigenvalue weighted by atomic mass is 9.97. The number of anilines is 1. The third kappa shape index (κ3) is 10.3. The van der Waals surface area contributed by atoms with E-state index >= 15 is 0 Å². The number of benzene rings is 2. The third-order valence-electron chi connectivity index (χ3n) is 11.4. The molecule has 3 aliphatic heterocycles. The number of nitrogens with two attached hydrogens (primary N) is 1. The molecule has 5 heterocycles. The van der Waals surface area contributed by atoms with Gasteiger partial charge in [-0.2, -0.15) is 0 Å². The summed E-state index contributed by atoms with van der Waals surface area (Å²) in [5, 5.41) is 11.0. The zero-order chi connectivity index (χ0) is 44.0. The fourth-order valence-corrected chi connectivity index (χ4v) is 8.95. The van der Waals surface area contributed by atoms with Crippen LogP contribution >= 0.6 is 11.3 Å². The van der Waals surface area contributed by atoms with Gasteiger partial charge in [0.25, 0.3) is 17.7 Å². The topological polar surface area (TPSA) is 186 Å². The van der Waals surface area contributed by atoms with Gasteiger partial charge in [-0.3, -0.25) is 33.8 Å². The van der Waals surface area contributed by atoms with E-state index in [9.17, 15) is 29.1 Å². The van der Waals surface area contributed by atoms with E-state index in [0.29, 0.717) is 43.4 Å². The molecule has 15 heteroatoms. The number of amides is 5. The molecule has 0 bridgehead atoms. The number of imide groups is 2. The van der Waals surface area contributed by atoms with Crippen molar-refractivity contribution in [3.8, 4) is 33.8 Å². The second-order valence-electron chi connectivity index (χ2n) is 16.5. The number of likely N-dealkylation sites (N-methyl/N-ethyl adjacent to an activating group) is 1. The standard InChI is InChI=1S/C47H52N6O8S/c1-47(2,59)21-18-30-11-9-12-31(25-30)29-61-37-26-33(27-49-42(37)48)38-28-50-43(62-38)32-19-22-52(23-20-32)40(55)15-7-5-4-6-8-24-60-36-14-10-13-34-41(36)46(58)53(44(34)56)35-16-17-39(54)51(3)45(35)57/h9-14,25-28,32,35,59H,4-8,15-17,19-20,22-24,29H2,1-3H3,(H2,48,49). The summed E-state index contributed by atoms with van der Waals surface area (Å²) in [5.41, 5.74) is 8.02. The number of pyridine rings is 1. The largest absolute Gasteiger partial charge is 0.493 e. The molecule has 0 aliphatic carbocycles. The molecule has 14 nitrogen and oxygen atoms in total. The highest BCUT2D eigenvalue weighted by molar-refractivity contribution is 7.15. The number of hydrogen-bond donors (Lipinski definition) is 2. The van der Waals surface area contributed by atoms with Crippen molar-refractivity contribution in [2.45, 2.75) is 102 Å². The molecule has 324 valence electrons. The number of aromatic nitrogens is 2. The van der Waals surface area contributed by atoms with Crippen molar-refractivity contribution in [1.29, 1.82) is 0 Å². The van der Waals surface area contributed by atoms with E-state index in [1.165, 1.54) is 7.05 Å². The maximum absolute atomic E-state index is 13.4. The Kier molecular flexibility index (Phi) is 13.7. The number of fused-ring (bicyclic) bond motifs is 1. The lowest BCUT2D eigenvalue weighted by Crippen LogP contribution is -2.54. The Hall–Kier alpha value is -6.11. The van der Waals surface area contributed by atoms with Gasteiger partial charge in [-0.15, -0.1) is 11.3 Å². The second-order valence-corrected chi connectivity index (χ2v) is 17.6. The lowest BCUT2D eigenvalue weighted by molar-refractivity contribution is -0.149. The maximum Gasteiger partial charge on any atom is 0.266 e. The minimum atomic E-state index is -1.08. The number of ether oxygens (including phenoxy) is 2. The normalized spacial score (nSPS) is 17.0. The first kappa shape index (κ1) is 44.0. The van der Waals surface area contributed by atoms with Gasteiger partial charge in [0, 0.05) is 62.4 Å². The molecule has 0 radical (unpaired) electrons. The third-order valence-corrected chi connectivity index (χ3v) is 12.6. The van der Waals surface area contributed by atoms with Crippen LogP contribution in [0.3, 0.4) is 0 Å². The van der Waals surface area contributed by atoms with Gasteiger partial charge in [0.05, 0.1) is 27.6 Å². The Labute approximate surface area is 365 Å². The van der Waals surface area contributed by atoms with Gasteiger partial charge in [-0.05, 0) is 81.8 Å². The van der Waals surface area contributed by atoms with Crippen LogP contribution in [-0.2, 0) is 21.0 Å². The van der Waals surface area contributed by atoms with Crippen LogP contribution in [0.5, 0.6) is 11.5 Å². The smallest absolute Gasteiger partial charge is 0.266 e. The Morgan fingerprint density at radius 2 is 1.68 bits per heavy atom. The minimum Gasteiger partial charge on any atom is -0.493 e. The summed E-state index contributed by atoms with van der Waals surface area (Å²) < 4.78 is 12.0. The fraction of sp³-hybridized carbons (Fsp3) is 0.426. The first-order chi connectivity index (χ1) is 29.8. The number of piperidine rings is 2. The van der Waals surface area contributed by atoms with Crippen LogP contribution in [-0.4, -0.2) is 97.7 Å². The zero-order valence-corrected chi connectivity index (χ0v) is 36.2. The number of unbranched alkanes of at least 4 members (excludes halogenated alkanes) is 4. The van der Waals surface area contributed by atoms with Gasteiger partial charge in [0.2, 0.25) is 11.8 Å². The van der Waals surface area contributed by atoms with E-state index < -0.39 is 29.4 Å². The van der Waals surface area contributed by atoms with Crippen LogP contribution in [0.15, 0.2) is 60.9 Å². The van der Waals surface area contributed by atoms with Crippen LogP contribution in [0, 0.1) is 11.8 Å². The van der Waals surface area contributed by atoms with Crippen molar-refractivity contribution < 1.29 is 38.6 Å². The summed E-state index contributed by atoms with van der Waals surface area (Å²) in [4.78, 5) is 78.4. The molecule has 4 aromatic rings. The number of nitrogens with zero attached hydrogens (tertiary/aromatic N) is 5. The highest BCUT2D eigenvalue weighted by atomic mass is 32.1. The van der Waals surface area contributed by atoms with Crippen molar-refractivity contribution in [2.24, 2.45) is 0 Å². The maximum atomic E-state index is 13.4. The van der Waals surface area contributed by atoms with Crippen molar-refractivity contribution in [2.75, 3.05) is 32.5 Å². The molecule has 1 atom stereocenters. The van der Waals surface area contributed by atoms with E-state index in [1.807, 2.05) is 41.4 Å². The lowest BCUT2D eigenvalue weighted by Gasteiger charge is -2.32. The van der Waals surface area contributed by atoms with Gasteiger partial charge in [0.1, 0.15) is 24.0 Å². The molecule has 0 saturated carbocycles. The number of carbonyl (C=O) groups excluding carboxylic acids is 5. The average Bonchev–Trinajstić information content (AvgIpc) is 3.85. The van der Waals surface area contributed by atoms with E-state index in [4.69, 9.17) is 20.2 Å². The van der Waals surface area contributed by atoms with Crippen LogP contribution in [0.25, 0.3) is 10.4 Å². The van der Waals surface area contributed by atoms with Crippen LogP contribution in [0.2, 0.25) is 0 Å². The molecule has 62 heavy (non-hydrogen) atoms. The number of hydrogen-bond acceptors (Lipinski definition) is 12. The monoisotopic (exact) mass is 860 g/mol. The van der Waals surface area contributed by atoms with Gasteiger partial charge < -0.3 is 25.2 Å². The number of likely N-dealkylation sites (tertiary alicyclic amines) is 2. The van der Waals surface area contributed by atoms with Crippen molar-refractivity contribution in [3.05, 3.63) is 88.2 Å². The second kappa shape index (κ2) is 19.3. The van der Waals surface area contributed by atoms with Crippen molar-refractivity contribution in [1.82, 2.24) is 24.7 Å². The highest BCUT2D eigenvalue weighted by Gasteiger charge is 2.47. The van der Waals surface area contributed by atoms with Crippen molar-refractivity contribution >= 4 is 46.7 Å². The van der Waals surface area contributed by atoms with Crippen molar-refractivity contribution in [3.63, 3.8) is 0 Å². The van der Waals surface area contributed by atoms with Gasteiger partial charge in [-0.25, -0.2) is 9.97 Å². The molecule has 1 unspecified atom stereocenters. The molecule has 2 fully saturated rings. The Morgan fingerprint density at radius 1 is 0.919 bits per heavy atom. The molecular formula is C47H52N6O8S. The van der Waals surface area contributed by atoms with Gasteiger partial charge in [0.15, 0.2) is 11.6 Å². The van der Waals surface area contributed by atoms with Crippen LogP contribution in [0.1, 0.15) is 121 Å². The molecule has 5 amide bonds. The molecule has 2 saturated heterocycles. The number of rotatable bonds is 15. The summed E-state index contributed by atoms with van der Waals surface area (Å²) >= 11 is 1.63. The highest BCUT2D eigenvalue weighted by Crippen LogP contribution is 2.37. The summed E-state index contributed by atoms with van der Waals surface area (Å²) in [7, 11) is 1.36. The molecule has 2 aromatic heterocycles. The first-order valence-electron chi connectivity index (χ1n) is 21.2. The molecule has 2 aromatic carbocycles. The molecular weight excluding hydrogens is 809 g/mol. The Bertz CT molecular complexity index is 2410. The summed E-state index contributed by atoms with van der Waals surface area (Å²) in [6, 6.07) is 13.4. The first-order valence-corrected chi connectivity index (χ1v) is 22.0. The summed E-state index contributed by atoms with van der Waals surface area (Å²) in [5.74, 6) is 5.34. The molecule has 0 spiro atoms. The van der Waals surface area contributed by atoms with Gasteiger partial charge in [-0.1, -0.05) is 49.3 Å². The van der Waals surface area contributed by atoms with Crippen LogP contribution in [0.4, 0.5) is 5.82 Å². The Balaban J connectivity index is 0.802. The molecule has 3 N–H and O–H groups in total. The number of aliphatic hydroxyl groups is 1. The van der Waals surface area contributed by atoms with E-state index in [0.717, 1.165) is 81.3 Å². The predicted octanol–water partition coefficient (Wildman–Crippen LogP) is 6.36. The number of carbonyl (C=O) groups is 5. The van der Waals surface area contributed by atoms with E-state index in [1.54, 1.807) is 49.6 Å².